The van der Waals surface area contributed by atoms with Gasteiger partial charge in [-0.1, -0.05) is 13.3 Å². The lowest BCUT2D eigenvalue weighted by atomic mass is 9.98. The molecule has 20 heavy (non-hydrogen) atoms. The maximum Gasteiger partial charge on any atom is 0.326 e. The van der Waals surface area contributed by atoms with E-state index in [0.29, 0.717) is 26.2 Å². The van der Waals surface area contributed by atoms with Gasteiger partial charge in [-0.15, -0.1) is 0 Å². The summed E-state index contributed by atoms with van der Waals surface area (Å²) in [5.74, 6) is -0.159. The van der Waals surface area contributed by atoms with Gasteiger partial charge < -0.3 is 19.5 Å². The fourth-order valence-electron chi connectivity index (χ4n) is 2.55. The van der Waals surface area contributed by atoms with Gasteiger partial charge in [0.15, 0.2) is 0 Å². The minimum atomic E-state index is -0.566. The van der Waals surface area contributed by atoms with Crippen LogP contribution in [0, 0.1) is 0 Å². The lowest BCUT2D eigenvalue weighted by Gasteiger charge is -2.26. The SMILES string of the molecule is CCCCOCCOC1CCC(NC)(C(=O)OCC)C1. The number of nitrogens with one attached hydrogen (secondary N) is 1. The number of unbranched alkanes of at least 4 members (excludes halogenated alkanes) is 1. The molecule has 0 spiro atoms. The summed E-state index contributed by atoms with van der Waals surface area (Å²) in [5.41, 5.74) is -0.566. The molecule has 0 saturated heterocycles. The maximum atomic E-state index is 12.0. The van der Waals surface area contributed by atoms with Crippen LogP contribution in [0.5, 0.6) is 0 Å². The molecular weight excluding hydrogens is 258 g/mol. The number of ether oxygens (including phenoxy) is 3. The summed E-state index contributed by atoms with van der Waals surface area (Å²) < 4.78 is 16.4. The number of hydrogen-bond acceptors (Lipinski definition) is 5. The fraction of sp³-hybridized carbons (Fsp3) is 0.933. The Morgan fingerprint density at radius 1 is 1.30 bits per heavy atom. The lowest BCUT2D eigenvalue weighted by Crippen LogP contribution is -2.49. The molecule has 0 aromatic carbocycles. The predicted molar refractivity (Wildman–Crippen MR) is 77.7 cm³/mol. The molecule has 1 fully saturated rings. The van der Waals surface area contributed by atoms with Crippen molar-refractivity contribution in [3.05, 3.63) is 0 Å². The summed E-state index contributed by atoms with van der Waals surface area (Å²) in [4.78, 5) is 12.0. The van der Waals surface area contributed by atoms with Gasteiger partial charge in [0.2, 0.25) is 0 Å². The number of carbonyl (C=O) groups excluding carboxylic acids is 1. The van der Waals surface area contributed by atoms with Crippen LogP contribution in [0.2, 0.25) is 0 Å². The number of rotatable bonds is 10. The standard InChI is InChI=1S/C15H29NO4/c1-4-6-9-18-10-11-20-13-7-8-15(12-13,16-3)14(17)19-5-2/h13,16H,4-12H2,1-3H3. The molecule has 1 rings (SSSR count). The van der Waals surface area contributed by atoms with Gasteiger partial charge in [-0.25, -0.2) is 0 Å². The molecule has 5 nitrogen and oxygen atoms in total. The Hall–Kier alpha value is -0.650. The summed E-state index contributed by atoms with van der Waals surface area (Å²) in [6.45, 7) is 6.41. The van der Waals surface area contributed by atoms with E-state index in [4.69, 9.17) is 14.2 Å². The van der Waals surface area contributed by atoms with Crippen LogP contribution in [0.3, 0.4) is 0 Å². The molecular formula is C15H29NO4. The van der Waals surface area contributed by atoms with Crippen LogP contribution in [-0.2, 0) is 19.0 Å². The highest BCUT2D eigenvalue weighted by molar-refractivity contribution is 5.81. The molecule has 0 radical (unpaired) electrons. The van der Waals surface area contributed by atoms with E-state index in [9.17, 15) is 4.79 Å². The summed E-state index contributed by atoms with van der Waals surface area (Å²) >= 11 is 0. The summed E-state index contributed by atoms with van der Waals surface area (Å²) in [6, 6.07) is 0. The van der Waals surface area contributed by atoms with Crippen molar-refractivity contribution >= 4 is 5.97 Å². The molecule has 118 valence electrons. The molecule has 0 amide bonds. The third-order valence-corrected chi connectivity index (χ3v) is 3.84. The smallest absolute Gasteiger partial charge is 0.326 e. The van der Waals surface area contributed by atoms with Gasteiger partial charge in [-0.05, 0) is 33.2 Å². The van der Waals surface area contributed by atoms with E-state index in [0.717, 1.165) is 32.3 Å². The minimum Gasteiger partial charge on any atom is -0.465 e. The Labute approximate surface area is 122 Å². The van der Waals surface area contributed by atoms with Gasteiger partial charge in [0, 0.05) is 13.0 Å². The summed E-state index contributed by atoms with van der Waals surface area (Å²) in [6.07, 6.45) is 4.68. The second kappa shape index (κ2) is 9.32. The molecule has 0 aromatic rings. The third kappa shape index (κ3) is 5.04. The molecule has 2 unspecified atom stereocenters. The van der Waals surface area contributed by atoms with Crippen LogP contribution in [0.4, 0.5) is 0 Å². The van der Waals surface area contributed by atoms with E-state index in [-0.39, 0.29) is 12.1 Å². The third-order valence-electron chi connectivity index (χ3n) is 3.84. The number of esters is 1. The predicted octanol–water partition coefficient (Wildman–Crippen LogP) is 1.89. The van der Waals surface area contributed by atoms with Crippen LogP contribution in [0.1, 0.15) is 46.0 Å². The molecule has 2 atom stereocenters. The zero-order valence-corrected chi connectivity index (χ0v) is 13.1. The van der Waals surface area contributed by atoms with Crippen molar-refractivity contribution in [3.63, 3.8) is 0 Å². The van der Waals surface area contributed by atoms with Crippen molar-refractivity contribution < 1.29 is 19.0 Å². The van der Waals surface area contributed by atoms with Crippen LogP contribution in [0.25, 0.3) is 0 Å². The van der Waals surface area contributed by atoms with E-state index >= 15 is 0 Å². The second-order valence-corrected chi connectivity index (χ2v) is 5.25. The Morgan fingerprint density at radius 2 is 2.10 bits per heavy atom. The second-order valence-electron chi connectivity index (χ2n) is 5.25. The summed E-state index contributed by atoms with van der Waals surface area (Å²) in [7, 11) is 1.81. The van der Waals surface area contributed by atoms with Crippen molar-refractivity contribution in [1.82, 2.24) is 5.32 Å². The zero-order chi connectivity index (χ0) is 14.8. The molecule has 1 N–H and O–H groups in total. The van der Waals surface area contributed by atoms with Gasteiger partial charge >= 0.3 is 5.97 Å². The molecule has 0 heterocycles. The lowest BCUT2D eigenvalue weighted by molar-refractivity contribution is -0.151. The molecule has 5 heteroatoms. The minimum absolute atomic E-state index is 0.113. The Balaban J connectivity index is 2.25. The topological polar surface area (TPSA) is 56.8 Å². The van der Waals surface area contributed by atoms with E-state index < -0.39 is 5.54 Å². The average Bonchev–Trinajstić information content (AvgIpc) is 2.88. The Kier molecular flexibility index (Phi) is 8.11. The molecule has 1 saturated carbocycles. The quantitative estimate of drug-likeness (QED) is 0.491. The number of hydrogen-bond donors (Lipinski definition) is 1. The largest absolute Gasteiger partial charge is 0.465 e. The number of likely N-dealkylation sites (N-methyl/N-ethyl adjacent to an activating group) is 1. The molecule has 0 bridgehead atoms. The monoisotopic (exact) mass is 287 g/mol. The van der Waals surface area contributed by atoms with Gasteiger partial charge in [-0.3, -0.25) is 4.79 Å². The van der Waals surface area contributed by atoms with Crippen molar-refractivity contribution in [2.75, 3.05) is 33.5 Å². The van der Waals surface area contributed by atoms with E-state index in [1.165, 1.54) is 0 Å². The maximum absolute atomic E-state index is 12.0. The van der Waals surface area contributed by atoms with Crippen LogP contribution in [0.15, 0.2) is 0 Å². The van der Waals surface area contributed by atoms with Gasteiger partial charge in [0.25, 0.3) is 0 Å². The molecule has 1 aliphatic rings. The number of carbonyl (C=O) groups is 1. The average molecular weight is 287 g/mol. The van der Waals surface area contributed by atoms with E-state index in [2.05, 4.69) is 12.2 Å². The van der Waals surface area contributed by atoms with Crippen LogP contribution < -0.4 is 5.32 Å². The Bertz CT molecular complexity index is 285. The normalized spacial score (nSPS) is 25.9. The first-order valence-electron chi connectivity index (χ1n) is 7.74. The molecule has 0 aromatic heterocycles. The van der Waals surface area contributed by atoms with E-state index in [1.54, 1.807) is 0 Å². The highest BCUT2D eigenvalue weighted by Crippen LogP contribution is 2.32. The molecule has 0 aliphatic heterocycles. The van der Waals surface area contributed by atoms with Crippen molar-refractivity contribution in [2.24, 2.45) is 0 Å². The highest BCUT2D eigenvalue weighted by atomic mass is 16.5. The van der Waals surface area contributed by atoms with Crippen molar-refractivity contribution in [1.29, 1.82) is 0 Å². The van der Waals surface area contributed by atoms with Gasteiger partial charge in [-0.2, -0.15) is 0 Å². The van der Waals surface area contributed by atoms with Gasteiger partial charge in [0.05, 0.1) is 25.9 Å². The van der Waals surface area contributed by atoms with Crippen molar-refractivity contribution in [2.45, 2.75) is 57.6 Å². The fourth-order valence-corrected chi connectivity index (χ4v) is 2.55. The van der Waals surface area contributed by atoms with Crippen LogP contribution >= 0.6 is 0 Å². The summed E-state index contributed by atoms with van der Waals surface area (Å²) in [5, 5.41) is 3.12. The van der Waals surface area contributed by atoms with Gasteiger partial charge in [0.1, 0.15) is 5.54 Å². The first kappa shape index (κ1) is 17.4. The van der Waals surface area contributed by atoms with Crippen LogP contribution in [-0.4, -0.2) is 51.1 Å². The highest BCUT2D eigenvalue weighted by Gasteiger charge is 2.45. The first-order valence-corrected chi connectivity index (χ1v) is 7.74. The zero-order valence-electron chi connectivity index (χ0n) is 13.1. The first-order chi connectivity index (χ1) is 9.68. The van der Waals surface area contributed by atoms with Crippen molar-refractivity contribution in [3.8, 4) is 0 Å². The molecule has 1 aliphatic carbocycles. The van der Waals surface area contributed by atoms with E-state index in [1.807, 2.05) is 14.0 Å². The Morgan fingerprint density at radius 3 is 2.75 bits per heavy atom.